The van der Waals surface area contributed by atoms with E-state index in [1.54, 1.807) is 29.2 Å². The summed E-state index contributed by atoms with van der Waals surface area (Å²) in [6.45, 7) is 1.70. The Balaban J connectivity index is 1.52. The van der Waals surface area contributed by atoms with Gasteiger partial charge in [-0.1, -0.05) is 30.3 Å². The quantitative estimate of drug-likeness (QED) is 0.938. The van der Waals surface area contributed by atoms with Crippen molar-refractivity contribution in [3.63, 3.8) is 0 Å². The fourth-order valence-corrected chi connectivity index (χ4v) is 2.33. The third-order valence-corrected chi connectivity index (χ3v) is 3.63. The van der Waals surface area contributed by atoms with Crippen molar-refractivity contribution in [2.24, 2.45) is 0 Å². The fraction of sp³-hybridized carbons (Fsp3) is 0.222. The molecule has 2 aromatic carbocycles. The molecule has 2 aromatic rings. The number of hydrogen-bond acceptors (Lipinski definition) is 4. The highest BCUT2D eigenvalue weighted by Crippen LogP contribution is 2.13. The molecule has 3 rings (SSSR count). The van der Waals surface area contributed by atoms with Gasteiger partial charge in [0.1, 0.15) is 13.3 Å². The minimum Gasteiger partial charge on any atom is -0.444 e. The summed E-state index contributed by atoms with van der Waals surface area (Å²) in [6, 6.07) is 16.1. The number of anilines is 1. The molecule has 0 radical (unpaired) electrons. The maximum Gasteiger partial charge on any atom is 0.411 e. The van der Waals surface area contributed by atoms with Crippen LogP contribution in [0.3, 0.4) is 0 Å². The Bertz CT molecular complexity index is 695. The predicted octanol–water partition coefficient (Wildman–Crippen LogP) is 2.87. The third-order valence-electron chi connectivity index (χ3n) is 3.63. The van der Waals surface area contributed by atoms with Gasteiger partial charge >= 0.3 is 6.09 Å². The summed E-state index contributed by atoms with van der Waals surface area (Å²) < 4.78 is 10.3. The first-order valence-corrected chi connectivity index (χ1v) is 7.67. The van der Waals surface area contributed by atoms with E-state index in [0.29, 0.717) is 31.1 Å². The molecular weight excluding hydrogens is 308 g/mol. The van der Waals surface area contributed by atoms with Gasteiger partial charge in [0.05, 0.1) is 6.61 Å². The lowest BCUT2D eigenvalue weighted by atomic mass is 10.2. The summed E-state index contributed by atoms with van der Waals surface area (Å²) in [7, 11) is 0. The van der Waals surface area contributed by atoms with E-state index < -0.39 is 6.09 Å². The second kappa shape index (κ2) is 7.61. The molecule has 2 amide bonds. The van der Waals surface area contributed by atoms with Crippen molar-refractivity contribution in [2.45, 2.75) is 6.61 Å². The monoisotopic (exact) mass is 326 g/mol. The van der Waals surface area contributed by atoms with Crippen LogP contribution in [0.25, 0.3) is 0 Å². The van der Waals surface area contributed by atoms with Crippen LogP contribution >= 0.6 is 0 Å². The highest BCUT2D eigenvalue weighted by atomic mass is 16.5. The predicted molar refractivity (Wildman–Crippen MR) is 88.5 cm³/mol. The SMILES string of the molecule is O=C(Nc1ccc(C(=O)N2CCOC2)cc1)OCc1ccccc1. The molecule has 1 fully saturated rings. The normalized spacial score (nSPS) is 13.6. The minimum absolute atomic E-state index is 0.0781. The molecule has 1 N–H and O–H groups in total. The standard InChI is InChI=1S/C18H18N2O4/c21-17(20-10-11-23-13-20)15-6-8-16(9-7-15)19-18(22)24-12-14-4-2-1-3-5-14/h1-9H,10-13H2,(H,19,22). The molecule has 0 bridgehead atoms. The Morgan fingerprint density at radius 3 is 2.50 bits per heavy atom. The van der Waals surface area contributed by atoms with E-state index in [4.69, 9.17) is 9.47 Å². The van der Waals surface area contributed by atoms with Crippen molar-refractivity contribution in [2.75, 3.05) is 25.2 Å². The summed E-state index contributed by atoms with van der Waals surface area (Å²) in [5.41, 5.74) is 2.05. The third kappa shape index (κ3) is 4.11. The van der Waals surface area contributed by atoms with Gasteiger partial charge in [-0.05, 0) is 29.8 Å². The largest absolute Gasteiger partial charge is 0.444 e. The molecule has 6 nitrogen and oxygen atoms in total. The number of hydrogen-bond donors (Lipinski definition) is 1. The average molecular weight is 326 g/mol. The molecule has 124 valence electrons. The average Bonchev–Trinajstić information content (AvgIpc) is 3.16. The van der Waals surface area contributed by atoms with E-state index in [0.717, 1.165) is 5.56 Å². The smallest absolute Gasteiger partial charge is 0.411 e. The summed E-state index contributed by atoms with van der Waals surface area (Å²) in [6.07, 6.45) is -0.536. The lowest BCUT2D eigenvalue weighted by molar-refractivity contribution is 0.0695. The van der Waals surface area contributed by atoms with Crippen molar-refractivity contribution in [1.82, 2.24) is 4.90 Å². The topological polar surface area (TPSA) is 67.9 Å². The van der Waals surface area contributed by atoms with E-state index in [1.165, 1.54) is 0 Å². The van der Waals surface area contributed by atoms with Crippen LogP contribution in [-0.4, -0.2) is 36.8 Å². The van der Waals surface area contributed by atoms with Crippen molar-refractivity contribution in [1.29, 1.82) is 0 Å². The van der Waals surface area contributed by atoms with Crippen LogP contribution in [0.4, 0.5) is 10.5 Å². The Labute approximate surface area is 140 Å². The number of carbonyl (C=O) groups is 2. The van der Waals surface area contributed by atoms with Gasteiger partial charge in [-0.3, -0.25) is 10.1 Å². The maximum atomic E-state index is 12.2. The Hall–Kier alpha value is -2.86. The van der Waals surface area contributed by atoms with Crippen molar-refractivity contribution in [3.05, 3.63) is 65.7 Å². The number of ether oxygens (including phenoxy) is 2. The number of carbonyl (C=O) groups excluding carboxylic acids is 2. The molecule has 1 heterocycles. The second-order valence-corrected chi connectivity index (χ2v) is 5.37. The first-order valence-electron chi connectivity index (χ1n) is 7.67. The van der Waals surface area contributed by atoms with E-state index in [1.807, 2.05) is 30.3 Å². The van der Waals surface area contributed by atoms with Gasteiger partial charge in [0.15, 0.2) is 0 Å². The summed E-state index contributed by atoms with van der Waals surface area (Å²) in [5, 5.41) is 2.64. The van der Waals surface area contributed by atoms with E-state index >= 15 is 0 Å². The van der Waals surface area contributed by atoms with Crippen LogP contribution in [0.5, 0.6) is 0 Å². The van der Waals surface area contributed by atoms with E-state index in [9.17, 15) is 9.59 Å². The zero-order valence-corrected chi connectivity index (χ0v) is 13.1. The fourth-order valence-electron chi connectivity index (χ4n) is 2.33. The molecule has 0 atom stereocenters. The first-order chi connectivity index (χ1) is 11.7. The summed E-state index contributed by atoms with van der Waals surface area (Å²) >= 11 is 0. The van der Waals surface area contributed by atoms with Gasteiger partial charge in [-0.15, -0.1) is 0 Å². The van der Waals surface area contributed by atoms with Crippen LogP contribution in [0, 0.1) is 0 Å². The van der Waals surface area contributed by atoms with Gasteiger partial charge in [0.25, 0.3) is 5.91 Å². The molecule has 1 saturated heterocycles. The Kier molecular flexibility index (Phi) is 5.08. The van der Waals surface area contributed by atoms with Gasteiger partial charge in [0.2, 0.25) is 0 Å². The second-order valence-electron chi connectivity index (χ2n) is 5.37. The maximum absolute atomic E-state index is 12.2. The van der Waals surface area contributed by atoms with Crippen LogP contribution in [0.15, 0.2) is 54.6 Å². The highest BCUT2D eigenvalue weighted by Gasteiger charge is 2.19. The molecule has 1 aliphatic rings. The molecule has 0 unspecified atom stereocenters. The summed E-state index contributed by atoms with van der Waals surface area (Å²) in [4.78, 5) is 25.6. The Morgan fingerprint density at radius 1 is 1.08 bits per heavy atom. The van der Waals surface area contributed by atoms with Crippen LogP contribution in [0.2, 0.25) is 0 Å². The number of nitrogens with one attached hydrogen (secondary N) is 1. The van der Waals surface area contributed by atoms with Gasteiger partial charge < -0.3 is 14.4 Å². The van der Waals surface area contributed by atoms with Crippen molar-refractivity contribution < 1.29 is 19.1 Å². The van der Waals surface area contributed by atoms with Gasteiger partial charge in [-0.2, -0.15) is 0 Å². The van der Waals surface area contributed by atoms with E-state index in [-0.39, 0.29) is 12.5 Å². The zero-order valence-electron chi connectivity index (χ0n) is 13.1. The number of rotatable bonds is 4. The van der Waals surface area contributed by atoms with Crippen LogP contribution in [-0.2, 0) is 16.1 Å². The lowest BCUT2D eigenvalue weighted by Gasteiger charge is -2.13. The van der Waals surface area contributed by atoms with Gasteiger partial charge in [-0.25, -0.2) is 4.79 Å². The molecular formula is C18H18N2O4. The van der Waals surface area contributed by atoms with Crippen LogP contribution in [0.1, 0.15) is 15.9 Å². The molecule has 24 heavy (non-hydrogen) atoms. The molecule has 0 spiro atoms. The minimum atomic E-state index is -0.536. The van der Waals surface area contributed by atoms with Crippen molar-refractivity contribution >= 4 is 17.7 Å². The molecule has 6 heteroatoms. The Morgan fingerprint density at radius 2 is 1.83 bits per heavy atom. The molecule has 1 aliphatic heterocycles. The lowest BCUT2D eigenvalue weighted by Crippen LogP contribution is -2.28. The highest BCUT2D eigenvalue weighted by molar-refractivity contribution is 5.95. The van der Waals surface area contributed by atoms with Gasteiger partial charge in [0, 0.05) is 17.8 Å². The molecule has 0 saturated carbocycles. The van der Waals surface area contributed by atoms with Crippen molar-refractivity contribution in [3.8, 4) is 0 Å². The first kappa shape index (κ1) is 16.0. The van der Waals surface area contributed by atoms with E-state index in [2.05, 4.69) is 5.32 Å². The summed E-state index contributed by atoms with van der Waals surface area (Å²) in [5.74, 6) is -0.0781. The molecule has 0 aromatic heterocycles. The zero-order chi connectivity index (χ0) is 16.8. The number of benzene rings is 2. The molecule has 0 aliphatic carbocycles. The van der Waals surface area contributed by atoms with Crippen LogP contribution < -0.4 is 5.32 Å². The number of amides is 2. The number of nitrogens with zero attached hydrogens (tertiary/aromatic N) is 1.